The summed E-state index contributed by atoms with van der Waals surface area (Å²) in [6.45, 7) is 0. The predicted molar refractivity (Wildman–Crippen MR) is 81.6 cm³/mol. The largest absolute Gasteiger partial charge is 0.327 e. The third-order valence-corrected chi connectivity index (χ3v) is 4.17. The third kappa shape index (κ3) is 3.28. The van der Waals surface area contributed by atoms with Crippen LogP contribution in [-0.2, 0) is 12.8 Å². The minimum absolute atomic E-state index is 0.143. The quantitative estimate of drug-likeness (QED) is 0.906. The lowest BCUT2D eigenvalue weighted by molar-refractivity contribution is 0.461. The molecule has 1 unspecified atom stereocenters. The first-order chi connectivity index (χ1) is 9.81. The monoisotopic (exact) mass is 269 g/mol. The second-order valence-electron chi connectivity index (χ2n) is 5.88. The molecule has 106 valence electrons. The van der Waals surface area contributed by atoms with Gasteiger partial charge in [-0.3, -0.25) is 4.68 Å². The summed E-state index contributed by atoms with van der Waals surface area (Å²) >= 11 is 0. The molecule has 1 saturated carbocycles. The second-order valence-corrected chi connectivity index (χ2v) is 5.88. The average Bonchev–Trinajstić information content (AvgIpc) is 3.10. The van der Waals surface area contributed by atoms with Crippen molar-refractivity contribution in [1.82, 2.24) is 9.78 Å². The molecule has 1 aliphatic rings. The SMILES string of the molecule is NC(Cc1ccccc1)Cc1ccn(C2CCCC2)n1. The second kappa shape index (κ2) is 6.23. The van der Waals surface area contributed by atoms with Crippen molar-refractivity contribution >= 4 is 0 Å². The van der Waals surface area contributed by atoms with E-state index in [-0.39, 0.29) is 6.04 Å². The molecule has 3 rings (SSSR count). The highest BCUT2D eigenvalue weighted by atomic mass is 15.3. The van der Waals surface area contributed by atoms with Gasteiger partial charge in [0.2, 0.25) is 0 Å². The number of nitrogens with two attached hydrogens (primary N) is 1. The normalized spacial score (nSPS) is 17.4. The fourth-order valence-corrected chi connectivity index (χ4v) is 3.12. The summed E-state index contributed by atoms with van der Waals surface area (Å²) in [6, 6.07) is 13.3. The molecule has 2 N–H and O–H groups in total. The smallest absolute Gasteiger partial charge is 0.0640 e. The summed E-state index contributed by atoms with van der Waals surface area (Å²) < 4.78 is 2.15. The lowest BCUT2D eigenvalue weighted by Gasteiger charge is -2.11. The van der Waals surface area contributed by atoms with Crippen LogP contribution in [-0.4, -0.2) is 15.8 Å². The van der Waals surface area contributed by atoms with Crippen LogP contribution in [0.3, 0.4) is 0 Å². The van der Waals surface area contributed by atoms with E-state index < -0.39 is 0 Å². The van der Waals surface area contributed by atoms with E-state index in [1.807, 2.05) is 6.07 Å². The van der Waals surface area contributed by atoms with Gasteiger partial charge in [-0.15, -0.1) is 0 Å². The zero-order valence-corrected chi connectivity index (χ0v) is 11.9. The van der Waals surface area contributed by atoms with E-state index >= 15 is 0 Å². The summed E-state index contributed by atoms with van der Waals surface area (Å²) in [5.74, 6) is 0. The van der Waals surface area contributed by atoms with Gasteiger partial charge in [0.15, 0.2) is 0 Å². The lowest BCUT2D eigenvalue weighted by Crippen LogP contribution is -2.25. The van der Waals surface area contributed by atoms with Gasteiger partial charge in [-0.05, 0) is 30.9 Å². The van der Waals surface area contributed by atoms with E-state index in [9.17, 15) is 0 Å². The molecule has 1 heterocycles. The molecular formula is C17H23N3. The van der Waals surface area contributed by atoms with Crippen molar-refractivity contribution in [2.45, 2.75) is 50.6 Å². The van der Waals surface area contributed by atoms with Gasteiger partial charge in [-0.25, -0.2) is 0 Å². The van der Waals surface area contributed by atoms with Gasteiger partial charge in [-0.2, -0.15) is 5.10 Å². The number of aromatic nitrogens is 2. The van der Waals surface area contributed by atoms with Gasteiger partial charge in [0.05, 0.1) is 11.7 Å². The van der Waals surface area contributed by atoms with E-state index in [1.54, 1.807) is 0 Å². The Bertz CT molecular complexity index is 526. The molecule has 1 aromatic heterocycles. The summed E-state index contributed by atoms with van der Waals surface area (Å²) in [5.41, 5.74) is 8.68. The van der Waals surface area contributed by atoms with E-state index in [0.29, 0.717) is 6.04 Å². The van der Waals surface area contributed by atoms with Crippen LogP contribution in [0.2, 0.25) is 0 Å². The van der Waals surface area contributed by atoms with Crippen LogP contribution >= 0.6 is 0 Å². The third-order valence-electron chi connectivity index (χ3n) is 4.17. The Morgan fingerprint density at radius 1 is 1.10 bits per heavy atom. The number of rotatable bonds is 5. The minimum Gasteiger partial charge on any atom is -0.327 e. The first-order valence-corrected chi connectivity index (χ1v) is 7.65. The van der Waals surface area contributed by atoms with Crippen LogP contribution in [0.15, 0.2) is 42.6 Å². The van der Waals surface area contributed by atoms with Gasteiger partial charge >= 0.3 is 0 Å². The molecule has 2 aromatic rings. The topological polar surface area (TPSA) is 43.8 Å². The van der Waals surface area contributed by atoms with Crippen molar-refractivity contribution in [3.8, 4) is 0 Å². The summed E-state index contributed by atoms with van der Waals surface area (Å²) in [6.07, 6.45) is 9.13. The molecule has 0 radical (unpaired) electrons. The van der Waals surface area contributed by atoms with Crippen LogP contribution in [0, 0.1) is 0 Å². The maximum Gasteiger partial charge on any atom is 0.0640 e. The standard InChI is InChI=1S/C17H23N3/c18-15(12-14-6-2-1-3-7-14)13-16-10-11-20(19-16)17-8-4-5-9-17/h1-3,6-7,10-11,15,17H,4-5,8-9,12-13,18H2. The number of benzene rings is 1. The van der Waals surface area contributed by atoms with E-state index in [4.69, 9.17) is 10.8 Å². The molecule has 1 fully saturated rings. The van der Waals surface area contributed by atoms with Crippen LogP contribution < -0.4 is 5.73 Å². The highest BCUT2D eigenvalue weighted by molar-refractivity contribution is 5.16. The Balaban J connectivity index is 1.57. The van der Waals surface area contributed by atoms with Crippen molar-refractivity contribution in [2.24, 2.45) is 5.73 Å². The molecule has 3 heteroatoms. The maximum absolute atomic E-state index is 6.25. The van der Waals surface area contributed by atoms with Gasteiger partial charge in [-0.1, -0.05) is 43.2 Å². The number of nitrogens with zero attached hydrogens (tertiary/aromatic N) is 2. The van der Waals surface area contributed by atoms with Crippen molar-refractivity contribution in [1.29, 1.82) is 0 Å². The van der Waals surface area contributed by atoms with E-state index in [1.165, 1.54) is 31.2 Å². The highest BCUT2D eigenvalue weighted by Crippen LogP contribution is 2.28. The molecule has 20 heavy (non-hydrogen) atoms. The molecule has 0 aliphatic heterocycles. The van der Waals surface area contributed by atoms with Gasteiger partial charge in [0, 0.05) is 18.7 Å². The minimum atomic E-state index is 0.143. The molecule has 0 amide bonds. The van der Waals surface area contributed by atoms with Gasteiger partial charge in [0.25, 0.3) is 0 Å². The molecule has 1 atom stereocenters. The van der Waals surface area contributed by atoms with Crippen molar-refractivity contribution in [3.05, 3.63) is 53.9 Å². The Kier molecular flexibility index (Phi) is 4.16. The van der Waals surface area contributed by atoms with Crippen molar-refractivity contribution < 1.29 is 0 Å². The number of hydrogen-bond acceptors (Lipinski definition) is 2. The van der Waals surface area contributed by atoms with E-state index in [2.05, 4.69) is 41.2 Å². The maximum atomic E-state index is 6.25. The first kappa shape index (κ1) is 13.4. The zero-order chi connectivity index (χ0) is 13.8. The van der Waals surface area contributed by atoms with Gasteiger partial charge < -0.3 is 5.73 Å². The van der Waals surface area contributed by atoms with Crippen molar-refractivity contribution in [3.63, 3.8) is 0 Å². The van der Waals surface area contributed by atoms with Crippen LogP contribution in [0.5, 0.6) is 0 Å². The molecule has 0 spiro atoms. The Morgan fingerprint density at radius 2 is 1.85 bits per heavy atom. The van der Waals surface area contributed by atoms with E-state index in [0.717, 1.165) is 18.5 Å². The Morgan fingerprint density at radius 3 is 2.60 bits per heavy atom. The average molecular weight is 269 g/mol. The highest BCUT2D eigenvalue weighted by Gasteiger charge is 2.18. The Hall–Kier alpha value is -1.61. The fourth-order valence-electron chi connectivity index (χ4n) is 3.12. The van der Waals surface area contributed by atoms with Crippen molar-refractivity contribution in [2.75, 3.05) is 0 Å². The van der Waals surface area contributed by atoms with Crippen LogP contribution in [0.4, 0.5) is 0 Å². The Labute approximate surface area is 120 Å². The zero-order valence-electron chi connectivity index (χ0n) is 11.9. The fraction of sp³-hybridized carbons (Fsp3) is 0.471. The van der Waals surface area contributed by atoms with Gasteiger partial charge in [0.1, 0.15) is 0 Å². The number of hydrogen-bond donors (Lipinski definition) is 1. The first-order valence-electron chi connectivity index (χ1n) is 7.65. The molecular weight excluding hydrogens is 246 g/mol. The molecule has 0 bridgehead atoms. The lowest BCUT2D eigenvalue weighted by atomic mass is 10.0. The molecule has 1 aliphatic carbocycles. The predicted octanol–water partition coefficient (Wildman–Crippen LogP) is 3.11. The summed E-state index contributed by atoms with van der Waals surface area (Å²) in [4.78, 5) is 0. The molecule has 1 aromatic carbocycles. The summed E-state index contributed by atoms with van der Waals surface area (Å²) in [7, 11) is 0. The molecule has 0 saturated heterocycles. The van der Waals surface area contributed by atoms with Crippen LogP contribution in [0.1, 0.15) is 43.0 Å². The summed E-state index contributed by atoms with van der Waals surface area (Å²) in [5, 5.41) is 4.71. The van der Waals surface area contributed by atoms with Crippen LogP contribution in [0.25, 0.3) is 0 Å². The molecule has 3 nitrogen and oxygen atoms in total.